The van der Waals surface area contributed by atoms with Crippen LogP contribution in [0.1, 0.15) is 30.7 Å². The van der Waals surface area contributed by atoms with E-state index in [0.717, 1.165) is 18.6 Å². The molecule has 0 radical (unpaired) electrons. The molecule has 0 aliphatic heterocycles. The second-order valence-corrected chi connectivity index (χ2v) is 4.35. The molecule has 2 rings (SSSR count). The van der Waals surface area contributed by atoms with E-state index in [1.54, 1.807) is 4.68 Å². The Morgan fingerprint density at radius 1 is 1.32 bits per heavy atom. The number of halogens is 2. The van der Waals surface area contributed by atoms with Crippen molar-refractivity contribution < 1.29 is 13.9 Å². The zero-order valence-electron chi connectivity index (χ0n) is 10.6. The molecule has 2 aromatic rings. The summed E-state index contributed by atoms with van der Waals surface area (Å²) < 4.78 is 27.5. The zero-order chi connectivity index (χ0) is 13.8. The molecular weight excluding hydrogens is 252 g/mol. The van der Waals surface area contributed by atoms with Crippen LogP contribution in [0.4, 0.5) is 8.78 Å². The predicted molar refractivity (Wildman–Crippen MR) is 65.3 cm³/mol. The van der Waals surface area contributed by atoms with Crippen molar-refractivity contribution in [2.24, 2.45) is 0 Å². The molecule has 19 heavy (non-hydrogen) atoms. The average Bonchev–Trinajstić information content (AvgIpc) is 2.83. The second kappa shape index (κ2) is 5.88. The van der Waals surface area contributed by atoms with E-state index in [9.17, 15) is 13.9 Å². The lowest BCUT2D eigenvalue weighted by Crippen LogP contribution is -2.11. The van der Waals surface area contributed by atoms with Crippen molar-refractivity contribution in [3.05, 3.63) is 47.3 Å². The predicted octanol–water partition coefficient (Wildman–Crippen LogP) is 2.24. The Kier molecular flexibility index (Phi) is 4.21. The van der Waals surface area contributed by atoms with Crippen LogP contribution in [0.25, 0.3) is 0 Å². The third-order valence-corrected chi connectivity index (χ3v) is 2.84. The summed E-state index contributed by atoms with van der Waals surface area (Å²) >= 11 is 0. The Labute approximate surface area is 109 Å². The van der Waals surface area contributed by atoms with Crippen molar-refractivity contribution >= 4 is 0 Å². The van der Waals surface area contributed by atoms with E-state index in [4.69, 9.17) is 0 Å². The van der Waals surface area contributed by atoms with Crippen LogP contribution >= 0.6 is 0 Å². The minimum atomic E-state index is -0.912. The van der Waals surface area contributed by atoms with Gasteiger partial charge in [-0.3, -0.25) is 0 Å². The third-order valence-electron chi connectivity index (χ3n) is 2.84. The standard InChI is InChI=1S/C13H15F2N3O/c1-2-5-18-12(8-16-17-18)13(19)7-9-3-4-10(14)11(15)6-9/h3-4,6,8,13,19H,2,5,7H2,1H3. The highest BCUT2D eigenvalue weighted by molar-refractivity contribution is 5.20. The lowest BCUT2D eigenvalue weighted by Gasteiger charge is -2.12. The van der Waals surface area contributed by atoms with E-state index in [2.05, 4.69) is 10.3 Å². The van der Waals surface area contributed by atoms with Gasteiger partial charge >= 0.3 is 0 Å². The summed E-state index contributed by atoms with van der Waals surface area (Å²) in [5.74, 6) is -1.80. The number of aromatic nitrogens is 3. The highest BCUT2D eigenvalue weighted by atomic mass is 19.2. The Bertz CT molecular complexity index is 557. The first-order valence-electron chi connectivity index (χ1n) is 6.12. The molecule has 0 spiro atoms. The molecule has 1 atom stereocenters. The van der Waals surface area contributed by atoms with E-state index in [1.807, 2.05) is 6.92 Å². The molecule has 0 fully saturated rings. The molecule has 1 N–H and O–H groups in total. The number of aliphatic hydroxyl groups is 1. The van der Waals surface area contributed by atoms with E-state index in [1.165, 1.54) is 12.3 Å². The van der Waals surface area contributed by atoms with Crippen LogP contribution in [0.3, 0.4) is 0 Å². The first-order chi connectivity index (χ1) is 9.11. The van der Waals surface area contributed by atoms with Crippen LogP contribution in [-0.2, 0) is 13.0 Å². The van der Waals surface area contributed by atoms with E-state index >= 15 is 0 Å². The van der Waals surface area contributed by atoms with E-state index < -0.39 is 17.7 Å². The van der Waals surface area contributed by atoms with Gasteiger partial charge in [0.05, 0.1) is 11.9 Å². The fraction of sp³-hybridized carbons (Fsp3) is 0.385. The van der Waals surface area contributed by atoms with Crippen molar-refractivity contribution in [1.82, 2.24) is 15.0 Å². The largest absolute Gasteiger partial charge is 0.386 e. The second-order valence-electron chi connectivity index (χ2n) is 4.35. The Balaban J connectivity index is 2.13. The maximum atomic E-state index is 13.1. The van der Waals surface area contributed by atoms with Crippen LogP contribution in [0.2, 0.25) is 0 Å². The van der Waals surface area contributed by atoms with Gasteiger partial charge in [0.2, 0.25) is 0 Å². The van der Waals surface area contributed by atoms with Crippen LogP contribution in [0.15, 0.2) is 24.4 Å². The highest BCUT2D eigenvalue weighted by Crippen LogP contribution is 2.19. The Hall–Kier alpha value is -1.82. The number of aliphatic hydroxyl groups excluding tert-OH is 1. The fourth-order valence-corrected chi connectivity index (χ4v) is 1.90. The minimum absolute atomic E-state index is 0.189. The number of hydrogen-bond donors (Lipinski definition) is 1. The van der Waals surface area contributed by atoms with E-state index in [-0.39, 0.29) is 6.42 Å². The molecule has 0 aliphatic rings. The van der Waals surface area contributed by atoms with Crippen molar-refractivity contribution in [2.75, 3.05) is 0 Å². The van der Waals surface area contributed by atoms with Gasteiger partial charge in [0.1, 0.15) is 6.10 Å². The number of rotatable bonds is 5. The quantitative estimate of drug-likeness (QED) is 0.904. The van der Waals surface area contributed by atoms with Gasteiger partial charge in [0.15, 0.2) is 11.6 Å². The Morgan fingerprint density at radius 2 is 2.11 bits per heavy atom. The van der Waals surface area contributed by atoms with Gasteiger partial charge in [-0.1, -0.05) is 18.2 Å². The summed E-state index contributed by atoms with van der Waals surface area (Å²) in [7, 11) is 0. The topological polar surface area (TPSA) is 50.9 Å². The number of aryl methyl sites for hydroxylation is 1. The monoisotopic (exact) mass is 267 g/mol. The molecule has 1 unspecified atom stereocenters. The van der Waals surface area contributed by atoms with Crippen molar-refractivity contribution in [2.45, 2.75) is 32.4 Å². The molecule has 0 saturated heterocycles. The normalized spacial score (nSPS) is 12.6. The maximum absolute atomic E-state index is 13.1. The first-order valence-corrected chi connectivity index (χ1v) is 6.12. The van der Waals surface area contributed by atoms with Crippen molar-refractivity contribution in [1.29, 1.82) is 0 Å². The summed E-state index contributed by atoms with van der Waals surface area (Å²) in [5.41, 5.74) is 1.10. The lowest BCUT2D eigenvalue weighted by molar-refractivity contribution is 0.166. The van der Waals surface area contributed by atoms with Crippen molar-refractivity contribution in [3.8, 4) is 0 Å². The molecule has 1 aromatic heterocycles. The lowest BCUT2D eigenvalue weighted by atomic mass is 10.1. The van der Waals surface area contributed by atoms with Crippen LogP contribution in [0.5, 0.6) is 0 Å². The molecule has 1 aromatic carbocycles. The summed E-state index contributed by atoms with van der Waals surface area (Å²) in [6.07, 6.45) is 1.70. The molecule has 0 bridgehead atoms. The first kappa shape index (κ1) is 13.6. The smallest absolute Gasteiger partial charge is 0.159 e. The summed E-state index contributed by atoms with van der Waals surface area (Å²) in [4.78, 5) is 0. The highest BCUT2D eigenvalue weighted by Gasteiger charge is 2.15. The molecule has 0 saturated carbocycles. The molecule has 4 nitrogen and oxygen atoms in total. The minimum Gasteiger partial charge on any atom is -0.386 e. The number of benzene rings is 1. The average molecular weight is 267 g/mol. The maximum Gasteiger partial charge on any atom is 0.159 e. The van der Waals surface area contributed by atoms with Crippen molar-refractivity contribution in [3.63, 3.8) is 0 Å². The molecule has 6 heteroatoms. The third kappa shape index (κ3) is 3.14. The summed E-state index contributed by atoms with van der Waals surface area (Å²) in [6.45, 7) is 2.65. The molecule has 1 heterocycles. The molecule has 0 aliphatic carbocycles. The van der Waals surface area contributed by atoms with Gasteiger partial charge < -0.3 is 5.11 Å². The van der Waals surface area contributed by atoms with Gasteiger partial charge in [0, 0.05) is 13.0 Å². The Morgan fingerprint density at radius 3 is 2.79 bits per heavy atom. The number of hydrogen-bond acceptors (Lipinski definition) is 3. The van der Waals surface area contributed by atoms with Crippen LogP contribution in [0, 0.1) is 11.6 Å². The van der Waals surface area contributed by atoms with Gasteiger partial charge in [-0.2, -0.15) is 0 Å². The number of nitrogens with zero attached hydrogens (tertiary/aromatic N) is 3. The van der Waals surface area contributed by atoms with Gasteiger partial charge in [0.25, 0.3) is 0 Å². The molecular formula is C13H15F2N3O. The zero-order valence-corrected chi connectivity index (χ0v) is 10.6. The fourth-order valence-electron chi connectivity index (χ4n) is 1.90. The molecule has 102 valence electrons. The summed E-state index contributed by atoms with van der Waals surface area (Å²) in [6, 6.07) is 3.60. The summed E-state index contributed by atoms with van der Waals surface area (Å²) in [5, 5.41) is 17.7. The van der Waals surface area contributed by atoms with Gasteiger partial charge in [-0.15, -0.1) is 5.10 Å². The van der Waals surface area contributed by atoms with Crippen LogP contribution in [-0.4, -0.2) is 20.1 Å². The van der Waals surface area contributed by atoms with Crippen LogP contribution < -0.4 is 0 Å². The molecule has 0 amide bonds. The van der Waals surface area contributed by atoms with E-state index in [0.29, 0.717) is 17.8 Å². The van der Waals surface area contributed by atoms with Gasteiger partial charge in [-0.05, 0) is 24.1 Å². The SMILES string of the molecule is CCCn1nncc1C(O)Cc1ccc(F)c(F)c1. The van der Waals surface area contributed by atoms with Gasteiger partial charge in [-0.25, -0.2) is 13.5 Å².